The van der Waals surface area contributed by atoms with Crippen LogP contribution in [0.5, 0.6) is 5.75 Å². The molecular formula is C30H40N6O4S. The fraction of sp³-hybridized carbons (Fsp3) is 0.567. The molecule has 5 heterocycles. The maximum absolute atomic E-state index is 13.7. The van der Waals surface area contributed by atoms with E-state index in [-0.39, 0.29) is 12.5 Å². The largest absolute Gasteiger partial charge is 0.497 e. The third-order valence-electron chi connectivity index (χ3n) is 9.54. The number of methoxy groups -OCH3 is 1. The normalized spacial score (nSPS) is 23.0. The first kappa shape index (κ1) is 28.0. The van der Waals surface area contributed by atoms with Gasteiger partial charge in [0.15, 0.2) is 0 Å². The van der Waals surface area contributed by atoms with Gasteiger partial charge in [-0.2, -0.15) is 4.31 Å². The zero-order valence-corrected chi connectivity index (χ0v) is 25.1. The van der Waals surface area contributed by atoms with Crippen LogP contribution in [0, 0.1) is 19.3 Å². The minimum atomic E-state index is -3.71. The topological polar surface area (TPSA) is 98.7 Å². The number of aromatic nitrogens is 1. The number of hydrogen-bond donors (Lipinski definition) is 0. The zero-order valence-electron chi connectivity index (χ0n) is 24.3. The number of pyridine rings is 1. The third kappa shape index (κ3) is 5.30. The SMILES string of the molecule is COc1cc(C)c(S(=O)(=O)N2CCN3CC(C(=O)N4CCC5(CC4)CCN(c4ccncc4)CC5)N=C3C2)c(C)c1. The Balaban J connectivity index is 1.07. The molecule has 1 aromatic heterocycles. The number of amides is 1. The predicted octanol–water partition coefficient (Wildman–Crippen LogP) is 2.70. The first-order valence-electron chi connectivity index (χ1n) is 14.6. The standard InChI is InChI=1S/C30H40N6O4S/c1-22-18-25(40-3)19-23(2)28(22)41(38,39)36-17-16-35-20-26(32-27(35)21-36)29(37)34-14-8-30(9-15-34)6-12-33(13-7-30)24-4-10-31-11-5-24/h4-5,10-11,18-19,26H,6-9,12-17,20-21H2,1-3H3. The lowest BCUT2D eigenvalue weighted by atomic mass is 9.71. The molecule has 0 radical (unpaired) electrons. The number of carbonyl (C=O) groups excluding carboxylic acids is 1. The van der Waals surface area contributed by atoms with Crippen LogP contribution in [0.4, 0.5) is 5.69 Å². The molecule has 3 saturated heterocycles. The molecular weight excluding hydrogens is 540 g/mol. The lowest BCUT2D eigenvalue weighted by Gasteiger charge is -2.47. The molecule has 1 atom stereocenters. The summed E-state index contributed by atoms with van der Waals surface area (Å²) < 4.78 is 34.1. The van der Waals surface area contributed by atoms with Crippen molar-refractivity contribution in [3.05, 3.63) is 47.8 Å². The van der Waals surface area contributed by atoms with Crippen LogP contribution in [-0.2, 0) is 14.8 Å². The Labute approximate surface area is 243 Å². The molecule has 220 valence electrons. The molecule has 3 fully saturated rings. The van der Waals surface area contributed by atoms with E-state index < -0.39 is 16.1 Å². The van der Waals surface area contributed by atoms with Gasteiger partial charge >= 0.3 is 0 Å². The van der Waals surface area contributed by atoms with Crippen LogP contribution in [0.2, 0.25) is 0 Å². The van der Waals surface area contributed by atoms with E-state index in [4.69, 9.17) is 9.73 Å². The summed E-state index contributed by atoms with van der Waals surface area (Å²) in [5, 5.41) is 0. The highest BCUT2D eigenvalue weighted by molar-refractivity contribution is 7.89. The van der Waals surface area contributed by atoms with Gasteiger partial charge in [0.25, 0.3) is 0 Å². The van der Waals surface area contributed by atoms with E-state index in [1.54, 1.807) is 33.1 Å². The number of sulfonamides is 1. The molecule has 0 bridgehead atoms. The van der Waals surface area contributed by atoms with E-state index in [2.05, 4.69) is 26.9 Å². The summed E-state index contributed by atoms with van der Waals surface area (Å²) in [6.07, 6.45) is 8.05. The number of fused-ring (bicyclic) bond motifs is 1. The first-order valence-corrected chi connectivity index (χ1v) is 16.0. The van der Waals surface area contributed by atoms with Crippen molar-refractivity contribution in [2.45, 2.75) is 50.5 Å². The van der Waals surface area contributed by atoms with E-state index >= 15 is 0 Å². The second-order valence-electron chi connectivity index (χ2n) is 12.0. The van der Waals surface area contributed by atoms with Crippen LogP contribution >= 0.6 is 0 Å². The smallest absolute Gasteiger partial charge is 0.249 e. The highest BCUT2D eigenvalue weighted by atomic mass is 32.2. The van der Waals surface area contributed by atoms with E-state index in [1.165, 1.54) is 9.99 Å². The first-order chi connectivity index (χ1) is 19.7. The number of aryl methyl sites for hydroxylation is 2. The Morgan fingerprint density at radius 2 is 1.56 bits per heavy atom. The van der Waals surface area contributed by atoms with Crippen molar-refractivity contribution >= 4 is 27.5 Å². The fourth-order valence-corrected chi connectivity index (χ4v) is 8.85. The average molecular weight is 581 g/mol. The zero-order chi connectivity index (χ0) is 28.8. The highest BCUT2D eigenvalue weighted by Gasteiger charge is 2.43. The van der Waals surface area contributed by atoms with Crippen molar-refractivity contribution in [1.29, 1.82) is 0 Å². The number of ether oxygens (including phenoxy) is 1. The molecule has 0 aliphatic carbocycles. The van der Waals surface area contributed by atoms with Gasteiger partial charge in [-0.3, -0.25) is 14.8 Å². The number of aliphatic imine (C=N–C) groups is 1. The van der Waals surface area contributed by atoms with Crippen LogP contribution in [0.15, 0.2) is 46.5 Å². The summed E-state index contributed by atoms with van der Waals surface area (Å²) in [6, 6.07) is 7.20. The van der Waals surface area contributed by atoms with Gasteiger partial charge in [0.05, 0.1) is 25.1 Å². The molecule has 1 amide bonds. The van der Waals surface area contributed by atoms with Gasteiger partial charge in [0.1, 0.15) is 17.6 Å². The number of carbonyl (C=O) groups is 1. The maximum atomic E-state index is 13.7. The monoisotopic (exact) mass is 580 g/mol. The van der Waals surface area contributed by atoms with Gasteiger partial charge < -0.3 is 19.4 Å². The van der Waals surface area contributed by atoms with E-state index in [9.17, 15) is 13.2 Å². The number of hydrogen-bond acceptors (Lipinski definition) is 8. The molecule has 1 unspecified atom stereocenters. The second-order valence-corrected chi connectivity index (χ2v) is 13.8. The lowest BCUT2D eigenvalue weighted by molar-refractivity contribution is -0.135. The van der Waals surface area contributed by atoms with Crippen molar-refractivity contribution < 1.29 is 17.9 Å². The molecule has 11 heteroatoms. The van der Waals surface area contributed by atoms with Crippen molar-refractivity contribution in [1.82, 2.24) is 19.1 Å². The van der Waals surface area contributed by atoms with Gasteiger partial charge in [-0.05, 0) is 80.3 Å². The van der Waals surface area contributed by atoms with Crippen molar-refractivity contribution in [2.24, 2.45) is 10.4 Å². The Morgan fingerprint density at radius 1 is 0.927 bits per heavy atom. The summed E-state index contributed by atoms with van der Waals surface area (Å²) in [7, 11) is -2.14. The molecule has 4 aliphatic heterocycles. The van der Waals surface area contributed by atoms with Crippen LogP contribution in [0.1, 0.15) is 36.8 Å². The summed E-state index contributed by atoms with van der Waals surface area (Å²) in [6.45, 7) is 8.84. The fourth-order valence-electron chi connectivity index (χ4n) is 7.06. The van der Waals surface area contributed by atoms with E-state index in [0.29, 0.717) is 52.7 Å². The Bertz CT molecular complexity index is 1410. The van der Waals surface area contributed by atoms with Crippen molar-refractivity contribution in [3.63, 3.8) is 0 Å². The van der Waals surface area contributed by atoms with Gasteiger partial charge in [0.2, 0.25) is 15.9 Å². The number of benzene rings is 1. The molecule has 0 N–H and O–H groups in total. The Kier molecular flexibility index (Phi) is 7.44. The number of piperidine rings is 2. The molecule has 1 spiro atoms. The van der Waals surface area contributed by atoms with Gasteiger partial charge in [0, 0.05) is 57.3 Å². The molecule has 6 rings (SSSR count). The second kappa shape index (κ2) is 10.9. The Hall–Kier alpha value is -3.18. The number of piperazine rings is 1. The van der Waals surface area contributed by atoms with Crippen LogP contribution in [0.3, 0.4) is 0 Å². The quantitative estimate of drug-likeness (QED) is 0.536. The summed E-state index contributed by atoms with van der Waals surface area (Å²) in [5.74, 6) is 1.41. The molecule has 4 aliphatic rings. The molecule has 41 heavy (non-hydrogen) atoms. The number of likely N-dealkylation sites (tertiary alicyclic amines) is 1. The minimum Gasteiger partial charge on any atom is -0.497 e. The summed E-state index contributed by atoms with van der Waals surface area (Å²) in [5.41, 5.74) is 2.87. The predicted molar refractivity (Wildman–Crippen MR) is 158 cm³/mol. The molecule has 2 aromatic rings. The van der Waals surface area contributed by atoms with E-state index in [0.717, 1.165) is 51.9 Å². The number of nitrogens with zero attached hydrogens (tertiary/aromatic N) is 6. The average Bonchev–Trinajstić information content (AvgIpc) is 3.41. The molecule has 1 aromatic carbocycles. The third-order valence-corrected chi connectivity index (χ3v) is 11.7. The molecule has 0 saturated carbocycles. The number of anilines is 1. The molecule has 10 nitrogen and oxygen atoms in total. The van der Waals surface area contributed by atoms with Gasteiger partial charge in [-0.25, -0.2) is 8.42 Å². The number of amidine groups is 1. The summed E-state index contributed by atoms with van der Waals surface area (Å²) in [4.78, 5) is 29.3. The summed E-state index contributed by atoms with van der Waals surface area (Å²) >= 11 is 0. The minimum absolute atomic E-state index is 0.0761. The maximum Gasteiger partial charge on any atom is 0.249 e. The van der Waals surface area contributed by atoms with Crippen LogP contribution in [0.25, 0.3) is 0 Å². The van der Waals surface area contributed by atoms with Crippen LogP contribution < -0.4 is 9.64 Å². The van der Waals surface area contributed by atoms with Crippen LogP contribution in [-0.4, -0.2) is 105 Å². The van der Waals surface area contributed by atoms with Crippen molar-refractivity contribution in [2.75, 3.05) is 64.4 Å². The van der Waals surface area contributed by atoms with Gasteiger partial charge in [-0.15, -0.1) is 0 Å². The number of rotatable bonds is 5. The Morgan fingerprint density at radius 3 is 2.20 bits per heavy atom. The van der Waals surface area contributed by atoms with Gasteiger partial charge in [-0.1, -0.05) is 0 Å². The lowest BCUT2D eigenvalue weighted by Crippen LogP contribution is -2.52. The van der Waals surface area contributed by atoms with E-state index in [1.807, 2.05) is 17.3 Å². The van der Waals surface area contributed by atoms with Crippen molar-refractivity contribution in [3.8, 4) is 5.75 Å². The highest BCUT2D eigenvalue weighted by Crippen LogP contribution is 2.42.